The molecule has 122 valence electrons. The fraction of sp³-hybridized carbons (Fsp3) is 0.438. The summed E-state index contributed by atoms with van der Waals surface area (Å²) in [7, 11) is -1.16. The lowest BCUT2D eigenvalue weighted by Crippen LogP contribution is -2.27. The summed E-state index contributed by atoms with van der Waals surface area (Å²) in [4.78, 5) is 23.7. The van der Waals surface area contributed by atoms with Crippen molar-refractivity contribution in [2.45, 2.75) is 31.2 Å². The van der Waals surface area contributed by atoms with Crippen molar-refractivity contribution in [3.63, 3.8) is 0 Å². The molecule has 7 heteroatoms. The molecular formula is C16H19N3O2S2. The Hall–Kier alpha value is -1.60. The summed E-state index contributed by atoms with van der Waals surface area (Å²) in [5.41, 5.74) is 3.39. The Morgan fingerprint density at radius 2 is 2.09 bits per heavy atom. The standard InChI is InChI=1S/C16H19N3O2S2/c1-12-14(22-11-18-12)6-9-23(21)15-5-4-13(10-17-15)16(20)19-7-2-3-8-19/h4-5,10-11H,2-3,6-9H2,1H3. The first-order valence-electron chi connectivity index (χ1n) is 7.68. The van der Waals surface area contributed by atoms with Crippen molar-refractivity contribution in [2.24, 2.45) is 0 Å². The van der Waals surface area contributed by atoms with E-state index < -0.39 is 10.8 Å². The number of carbonyl (C=O) groups excluding carboxylic acids is 1. The van der Waals surface area contributed by atoms with E-state index >= 15 is 0 Å². The van der Waals surface area contributed by atoms with Crippen molar-refractivity contribution < 1.29 is 9.00 Å². The molecule has 0 N–H and O–H groups in total. The van der Waals surface area contributed by atoms with Gasteiger partial charge in [-0.2, -0.15) is 0 Å². The molecule has 1 atom stereocenters. The number of aryl methyl sites for hydroxylation is 2. The lowest BCUT2D eigenvalue weighted by atomic mass is 10.2. The second kappa shape index (κ2) is 7.31. The summed E-state index contributed by atoms with van der Waals surface area (Å²) in [6, 6.07) is 3.44. The zero-order valence-electron chi connectivity index (χ0n) is 13.0. The van der Waals surface area contributed by atoms with Crippen LogP contribution in [0, 0.1) is 6.92 Å². The molecule has 0 aromatic carbocycles. The van der Waals surface area contributed by atoms with Crippen LogP contribution in [0.15, 0.2) is 28.9 Å². The number of likely N-dealkylation sites (tertiary alicyclic amines) is 1. The molecule has 5 nitrogen and oxygen atoms in total. The van der Waals surface area contributed by atoms with E-state index in [0.29, 0.717) is 16.3 Å². The first kappa shape index (κ1) is 16.3. The van der Waals surface area contributed by atoms with Gasteiger partial charge in [-0.1, -0.05) is 0 Å². The van der Waals surface area contributed by atoms with Crippen LogP contribution in [0.3, 0.4) is 0 Å². The minimum atomic E-state index is -1.16. The van der Waals surface area contributed by atoms with E-state index in [1.54, 1.807) is 29.7 Å². The Kier molecular flexibility index (Phi) is 5.17. The minimum absolute atomic E-state index is 0.0209. The summed E-state index contributed by atoms with van der Waals surface area (Å²) in [5, 5.41) is 0.533. The molecule has 0 radical (unpaired) electrons. The topological polar surface area (TPSA) is 63.2 Å². The number of pyridine rings is 1. The van der Waals surface area contributed by atoms with E-state index in [-0.39, 0.29) is 5.91 Å². The third-order valence-electron chi connectivity index (χ3n) is 3.97. The molecule has 1 aliphatic rings. The Morgan fingerprint density at radius 3 is 2.70 bits per heavy atom. The van der Waals surface area contributed by atoms with Crippen LogP contribution < -0.4 is 0 Å². The molecule has 23 heavy (non-hydrogen) atoms. The fourth-order valence-corrected chi connectivity index (χ4v) is 4.50. The molecule has 1 saturated heterocycles. The van der Waals surface area contributed by atoms with Crippen LogP contribution >= 0.6 is 11.3 Å². The molecule has 0 aliphatic carbocycles. The minimum Gasteiger partial charge on any atom is -0.339 e. The largest absolute Gasteiger partial charge is 0.339 e. The Bertz CT molecular complexity index is 706. The Labute approximate surface area is 142 Å². The number of amides is 1. The van der Waals surface area contributed by atoms with Crippen LogP contribution in [0.5, 0.6) is 0 Å². The number of hydrogen-bond acceptors (Lipinski definition) is 5. The number of nitrogens with zero attached hydrogens (tertiary/aromatic N) is 3. The highest BCUT2D eigenvalue weighted by molar-refractivity contribution is 7.84. The molecule has 1 amide bonds. The lowest BCUT2D eigenvalue weighted by Gasteiger charge is -2.14. The Balaban J connectivity index is 1.61. The highest BCUT2D eigenvalue weighted by atomic mass is 32.2. The van der Waals surface area contributed by atoms with Gasteiger partial charge in [-0.25, -0.2) is 9.97 Å². The quantitative estimate of drug-likeness (QED) is 0.832. The maximum absolute atomic E-state index is 12.3. The van der Waals surface area contributed by atoms with E-state index in [4.69, 9.17) is 0 Å². The van der Waals surface area contributed by atoms with Gasteiger partial charge < -0.3 is 4.90 Å². The number of thiazole rings is 1. The molecule has 1 aliphatic heterocycles. The number of rotatable bonds is 5. The summed E-state index contributed by atoms with van der Waals surface area (Å²) < 4.78 is 12.3. The van der Waals surface area contributed by atoms with Gasteiger partial charge in [0.05, 0.1) is 27.6 Å². The van der Waals surface area contributed by atoms with Crippen molar-refractivity contribution in [1.82, 2.24) is 14.9 Å². The predicted octanol–water partition coefficient (Wildman–Crippen LogP) is 2.43. The number of carbonyl (C=O) groups is 1. The molecular weight excluding hydrogens is 330 g/mol. The molecule has 3 heterocycles. The number of hydrogen-bond donors (Lipinski definition) is 0. The van der Waals surface area contributed by atoms with Crippen molar-refractivity contribution in [3.8, 4) is 0 Å². The maximum atomic E-state index is 12.3. The van der Waals surface area contributed by atoms with E-state index in [1.807, 2.05) is 17.3 Å². The third kappa shape index (κ3) is 3.84. The zero-order chi connectivity index (χ0) is 16.2. The van der Waals surface area contributed by atoms with Gasteiger partial charge >= 0.3 is 0 Å². The van der Waals surface area contributed by atoms with Crippen LogP contribution in [0.4, 0.5) is 0 Å². The second-order valence-electron chi connectivity index (χ2n) is 5.55. The van der Waals surface area contributed by atoms with E-state index in [2.05, 4.69) is 9.97 Å². The smallest absolute Gasteiger partial charge is 0.255 e. The van der Waals surface area contributed by atoms with Crippen LogP contribution in [0.1, 0.15) is 33.8 Å². The highest BCUT2D eigenvalue weighted by Gasteiger charge is 2.20. The van der Waals surface area contributed by atoms with Crippen LogP contribution in [0.2, 0.25) is 0 Å². The normalized spacial score (nSPS) is 15.8. The highest BCUT2D eigenvalue weighted by Crippen LogP contribution is 2.16. The summed E-state index contributed by atoms with van der Waals surface area (Å²) >= 11 is 1.59. The average molecular weight is 349 g/mol. The summed E-state index contributed by atoms with van der Waals surface area (Å²) in [6.07, 6.45) is 4.42. The van der Waals surface area contributed by atoms with Gasteiger partial charge in [0.25, 0.3) is 5.91 Å². The molecule has 1 unspecified atom stereocenters. The van der Waals surface area contributed by atoms with Crippen LogP contribution in [-0.2, 0) is 17.2 Å². The SMILES string of the molecule is Cc1ncsc1CCS(=O)c1ccc(C(=O)N2CCCC2)cn1. The van der Waals surface area contributed by atoms with Crippen molar-refractivity contribution in [2.75, 3.05) is 18.8 Å². The van der Waals surface area contributed by atoms with Gasteiger partial charge in [0.2, 0.25) is 0 Å². The van der Waals surface area contributed by atoms with Crippen LogP contribution in [0.25, 0.3) is 0 Å². The van der Waals surface area contributed by atoms with Gasteiger partial charge in [0, 0.05) is 29.9 Å². The van der Waals surface area contributed by atoms with Gasteiger partial charge in [-0.3, -0.25) is 9.00 Å². The summed E-state index contributed by atoms with van der Waals surface area (Å²) in [5.74, 6) is 0.544. The fourth-order valence-electron chi connectivity index (χ4n) is 2.60. The van der Waals surface area contributed by atoms with Gasteiger partial charge in [0.1, 0.15) is 5.03 Å². The zero-order valence-corrected chi connectivity index (χ0v) is 14.7. The first-order chi connectivity index (χ1) is 11.1. The lowest BCUT2D eigenvalue weighted by molar-refractivity contribution is 0.0792. The van der Waals surface area contributed by atoms with Crippen LogP contribution in [-0.4, -0.2) is 43.8 Å². The molecule has 1 fully saturated rings. The van der Waals surface area contributed by atoms with E-state index in [0.717, 1.165) is 38.0 Å². The first-order valence-corrected chi connectivity index (χ1v) is 9.87. The van der Waals surface area contributed by atoms with E-state index in [1.165, 1.54) is 4.88 Å². The van der Waals surface area contributed by atoms with Gasteiger partial charge in [-0.15, -0.1) is 11.3 Å². The van der Waals surface area contributed by atoms with E-state index in [9.17, 15) is 9.00 Å². The molecule has 2 aromatic rings. The molecule has 0 spiro atoms. The van der Waals surface area contributed by atoms with Crippen molar-refractivity contribution in [1.29, 1.82) is 0 Å². The molecule has 0 bridgehead atoms. The second-order valence-corrected chi connectivity index (χ2v) is 8.00. The average Bonchev–Trinajstić information content (AvgIpc) is 3.24. The summed E-state index contributed by atoms with van der Waals surface area (Å²) in [6.45, 7) is 3.60. The third-order valence-corrected chi connectivity index (χ3v) is 6.25. The van der Waals surface area contributed by atoms with Crippen molar-refractivity contribution in [3.05, 3.63) is 40.0 Å². The Morgan fingerprint density at radius 1 is 1.30 bits per heavy atom. The van der Waals surface area contributed by atoms with Crippen molar-refractivity contribution >= 4 is 28.0 Å². The maximum Gasteiger partial charge on any atom is 0.255 e. The van der Waals surface area contributed by atoms with Gasteiger partial charge in [0.15, 0.2) is 0 Å². The molecule has 0 saturated carbocycles. The molecule has 2 aromatic heterocycles. The number of aromatic nitrogens is 2. The van der Waals surface area contributed by atoms with Gasteiger partial charge in [-0.05, 0) is 38.3 Å². The predicted molar refractivity (Wildman–Crippen MR) is 91.2 cm³/mol. The monoisotopic (exact) mass is 349 g/mol. The molecule has 3 rings (SSSR count).